The summed E-state index contributed by atoms with van der Waals surface area (Å²) in [6.07, 6.45) is -0.471. The molecule has 5 atom stereocenters. The summed E-state index contributed by atoms with van der Waals surface area (Å²) in [7, 11) is 4.84. The molecule has 2 aliphatic rings. The zero-order chi connectivity index (χ0) is 22.0. The van der Waals surface area contributed by atoms with E-state index in [1.807, 2.05) is 12.1 Å². The van der Waals surface area contributed by atoms with Crippen LogP contribution in [0.25, 0.3) is 0 Å². The Morgan fingerprint density at radius 1 is 0.903 bits per heavy atom. The van der Waals surface area contributed by atoms with E-state index in [2.05, 4.69) is 0 Å². The van der Waals surface area contributed by atoms with Gasteiger partial charge >= 0.3 is 0 Å². The molecule has 0 radical (unpaired) electrons. The van der Waals surface area contributed by atoms with Crippen molar-refractivity contribution in [3.05, 3.63) is 47.5 Å². The van der Waals surface area contributed by atoms with Crippen LogP contribution in [0.5, 0.6) is 23.0 Å². The largest absolute Gasteiger partial charge is 0.497 e. The molecular weight excluding hydrogens is 400 g/mol. The van der Waals surface area contributed by atoms with Crippen LogP contribution in [-0.2, 0) is 4.74 Å². The Labute approximate surface area is 182 Å². The minimum Gasteiger partial charge on any atom is -0.497 e. The van der Waals surface area contributed by atoms with Gasteiger partial charge in [0, 0.05) is 36.7 Å². The minimum absolute atomic E-state index is 0.283. The standard InChI is InChI=1S/C24H30O7/c1-27-10-4-5-21-22(24(26)17-12-15(29-3)7-9-20(17)31-21)18-13-30-19-8-6-14(28-2)11-16(19)23(18)25/h6-9,11-12,18,21-26H,4-5,10,13H2,1-3H3/t18-,21-,22-,23-,24+/m1/s1. The van der Waals surface area contributed by atoms with Crippen LogP contribution in [0.3, 0.4) is 0 Å². The Morgan fingerprint density at radius 2 is 1.55 bits per heavy atom. The predicted octanol–water partition coefficient (Wildman–Crippen LogP) is 3.28. The first kappa shape index (κ1) is 21.7. The van der Waals surface area contributed by atoms with Gasteiger partial charge in [0.25, 0.3) is 0 Å². The molecule has 0 amide bonds. The number of aliphatic hydroxyl groups excluding tert-OH is 2. The number of hydrogen-bond donors (Lipinski definition) is 2. The van der Waals surface area contributed by atoms with Crippen LogP contribution in [0, 0.1) is 11.8 Å². The van der Waals surface area contributed by atoms with Crippen LogP contribution in [0.4, 0.5) is 0 Å². The predicted molar refractivity (Wildman–Crippen MR) is 114 cm³/mol. The lowest BCUT2D eigenvalue weighted by atomic mass is 9.73. The van der Waals surface area contributed by atoms with Crippen LogP contribution in [0.1, 0.15) is 36.2 Å². The lowest BCUT2D eigenvalue weighted by Gasteiger charge is -2.44. The Morgan fingerprint density at radius 3 is 2.19 bits per heavy atom. The molecule has 31 heavy (non-hydrogen) atoms. The molecule has 2 aromatic rings. The smallest absolute Gasteiger partial charge is 0.125 e. The van der Waals surface area contributed by atoms with E-state index >= 15 is 0 Å². The van der Waals surface area contributed by atoms with E-state index in [1.165, 1.54) is 0 Å². The number of methoxy groups -OCH3 is 3. The van der Waals surface area contributed by atoms with Crippen LogP contribution in [0.15, 0.2) is 36.4 Å². The highest BCUT2D eigenvalue weighted by Gasteiger charge is 2.47. The molecule has 7 nitrogen and oxygen atoms in total. The molecule has 0 aromatic heterocycles. The molecule has 2 aliphatic heterocycles. The summed E-state index contributed by atoms with van der Waals surface area (Å²) in [4.78, 5) is 0. The summed E-state index contributed by atoms with van der Waals surface area (Å²) in [6.45, 7) is 0.882. The highest BCUT2D eigenvalue weighted by molar-refractivity contribution is 5.45. The first-order chi connectivity index (χ1) is 15.1. The van der Waals surface area contributed by atoms with Gasteiger partial charge in [0.2, 0.25) is 0 Å². The maximum Gasteiger partial charge on any atom is 0.125 e. The van der Waals surface area contributed by atoms with Crippen LogP contribution < -0.4 is 18.9 Å². The van der Waals surface area contributed by atoms with Gasteiger partial charge < -0.3 is 33.9 Å². The third kappa shape index (κ3) is 4.18. The number of hydrogen-bond acceptors (Lipinski definition) is 7. The van der Waals surface area contributed by atoms with E-state index in [9.17, 15) is 10.2 Å². The molecule has 0 fully saturated rings. The molecular formula is C24H30O7. The minimum atomic E-state index is -0.832. The first-order valence-electron chi connectivity index (χ1n) is 10.6. The van der Waals surface area contributed by atoms with Gasteiger partial charge in [-0.05, 0) is 49.2 Å². The van der Waals surface area contributed by atoms with Gasteiger partial charge in [-0.25, -0.2) is 0 Å². The maximum atomic E-state index is 11.4. The summed E-state index contributed by atoms with van der Waals surface area (Å²) in [6, 6.07) is 10.8. The first-order valence-corrected chi connectivity index (χ1v) is 10.6. The monoisotopic (exact) mass is 430 g/mol. The van der Waals surface area contributed by atoms with E-state index in [1.54, 1.807) is 45.6 Å². The summed E-state index contributed by atoms with van der Waals surface area (Å²) in [5.74, 6) is 1.84. The van der Waals surface area contributed by atoms with Crippen molar-refractivity contribution in [1.29, 1.82) is 0 Å². The number of fused-ring (bicyclic) bond motifs is 2. The van der Waals surface area contributed by atoms with Gasteiger partial charge in [-0.3, -0.25) is 0 Å². The van der Waals surface area contributed by atoms with Crippen molar-refractivity contribution in [3.8, 4) is 23.0 Å². The zero-order valence-corrected chi connectivity index (χ0v) is 18.1. The summed E-state index contributed by atoms with van der Waals surface area (Å²) < 4.78 is 28.2. The number of ether oxygens (including phenoxy) is 5. The summed E-state index contributed by atoms with van der Waals surface area (Å²) in [5, 5.41) is 22.7. The third-order valence-corrected chi connectivity index (χ3v) is 6.31. The average molecular weight is 430 g/mol. The second-order valence-electron chi connectivity index (χ2n) is 8.04. The van der Waals surface area contributed by atoms with Gasteiger partial charge in [-0.15, -0.1) is 0 Å². The molecule has 4 rings (SSSR count). The highest BCUT2D eigenvalue weighted by atomic mass is 16.5. The molecule has 0 saturated heterocycles. The van der Waals surface area contributed by atoms with Gasteiger partial charge in [-0.1, -0.05) is 0 Å². The Kier molecular flexibility index (Phi) is 6.55. The van der Waals surface area contributed by atoms with Gasteiger partial charge in [0.15, 0.2) is 0 Å². The number of benzene rings is 2. The molecule has 0 unspecified atom stereocenters. The van der Waals surface area contributed by atoms with Crippen molar-refractivity contribution < 1.29 is 33.9 Å². The van der Waals surface area contributed by atoms with Gasteiger partial charge in [0.1, 0.15) is 29.1 Å². The third-order valence-electron chi connectivity index (χ3n) is 6.31. The molecule has 0 bridgehead atoms. The second-order valence-corrected chi connectivity index (χ2v) is 8.04. The summed E-state index contributed by atoms with van der Waals surface area (Å²) >= 11 is 0. The van der Waals surface area contributed by atoms with Crippen molar-refractivity contribution in [1.82, 2.24) is 0 Å². The van der Waals surface area contributed by atoms with Crippen LogP contribution in [0.2, 0.25) is 0 Å². The van der Waals surface area contributed by atoms with E-state index in [0.717, 1.165) is 6.42 Å². The Hall–Kier alpha value is -2.48. The fourth-order valence-electron chi connectivity index (χ4n) is 4.68. The van der Waals surface area contributed by atoms with Crippen LogP contribution in [-0.4, -0.2) is 50.9 Å². The van der Waals surface area contributed by atoms with E-state index in [4.69, 9.17) is 23.7 Å². The fourth-order valence-corrected chi connectivity index (χ4v) is 4.68. The van der Waals surface area contributed by atoms with Crippen molar-refractivity contribution in [2.45, 2.75) is 31.2 Å². The van der Waals surface area contributed by atoms with E-state index in [0.29, 0.717) is 47.2 Å². The Bertz CT molecular complexity index is 899. The molecule has 0 aliphatic carbocycles. The van der Waals surface area contributed by atoms with Gasteiger partial charge in [-0.2, -0.15) is 0 Å². The number of aliphatic hydroxyl groups is 2. The highest BCUT2D eigenvalue weighted by Crippen LogP contribution is 2.50. The molecule has 7 heteroatoms. The van der Waals surface area contributed by atoms with Crippen molar-refractivity contribution in [3.63, 3.8) is 0 Å². The van der Waals surface area contributed by atoms with Crippen LogP contribution >= 0.6 is 0 Å². The van der Waals surface area contributed by atoms with E-state index in [-0.39, 0.29) is 24.5 Å². The normalized spacial score (nSPS) is 26.8. The quantitative estimate of drug-likeness (QED) is 0.652. The topological polar surface area (TPSA) is 86.6 Å². The molecule has 2 aromatic carbocycles. The molecule has 2 N–H and O–H groups in total. The molecule has 2 heterocycles. The maximum absolute atomic E-state index is 11.4. The number of rotatable bonds is 7. The van der Waals surface area contributed by atoms with Crippen molar-refractivity contribution in [2.24, 2.45) is 11.8 Å². The lowest BCUT2D eigenvalue weighted by Crippen LogP contribution is -2.45. The Balaban J connectivity index is 1.68. The SMILES string of the molecule is COCCC[C@H]1Oc2ccc(OC)cc2[C@H](O)[C@@H]1[C@H]1COc2ccc(OC)cc2[C@H]1O. The van der Waals surface area contributed by atoms with Crippen molar-refractivity contribution >= 4 is 0 Å². The lowest BCUT2D eigenvalue weighted by molar-refractivity contribution is -0.0888. The summed E-state index contributed by atoms with van der Waals surface area (Å²) in [5.41, 5.74) is 1.32. The zero-order valence-electron chi connectivity index (χ0n) is 18.1. The van der Waals surface area contributed by atoms with E-state index < -0.39 is 12.2 Å². The molecule has 0 saturated carbocycles. The molecule has 0 spiro atoms. The second kappa shape index (κ2) is 9.34. The fraction of sp³-hybridized carbons (Fsp3) is 0.500. The van der Waals surface area contributed by atoms with Gasteiger partial charge in [0.05, 0.1) is 33.0 Å². The molecule has 168 valence electrons. The average Bonchev–Trinajstić information content (AvgIpc) is 2.80. The van der Waals surface area contributed by atoms with Crippen molar-refractivity contribution in [2.75, 3.05) is 34.5 Å².